The Balaban J connectivity index is 2.15. The fourth-order valence-electron chi connectivity index (χ4n) is 1.13. The number of aromatic amines is 1. The normalized spacial score (nSPS) is 9.67. The number of rotatable bonds is 5. The number of amides is 1. The van der Waals surface area contributed by atoms with Crippen molar-refractivity contribution in [3.63, 3.8) is 0 Å². The minimum absolute atomic E-state index is 0.219. The lowest BCUT2D eigenvalue weighted by atomic mass is 10.2. The summed E-state index contributed by atoms with van der Waals surface area (Å²) in [5.41, 5.74) is 1.12. The smallest absolute Gasteiger partial charge is 0.315 e. The maximum absolute atomic E-state index is 11.1. The van der Waals surface area contributed by atoms with Crippen LogP contribution >= 0.6 is 0 Å². The van der Waals surface area contributed by atoms with Gasteiger partial charge in [-0.25, -0.2) is 0 Å². The zero-order valence-electron chi connectivity index (χ0n) is 8.58. The average molecular weight is 210 g/mol. The van der Waals surface area contributed by atoms with E-state index < -0.39 is 5.97 Å². The summed E-state index contributed by atoms with van der Waals surface area (Å²) in [6.45, 7) is 0.522. The predicted octanol–water partition coefficient (Wildman–Crippen LogP) is 0.236. The standard InChI is InChI=1S/C10H14N2O3/c1-15-10(14)6-9(13)12-5-3-8-2-4-11-7-8/h2,4,7,11H,3,5-6H2,1H3,(H,12,13). The van der Waals surface area contributed by atoms with Gasteiger partial charge in [-0.3, -0.25) is 9.59 Å². The van der Waals surface area contributed by atoms with Gasteiger partial charge in [0.25, 0.3) is 0 Å². The van der Waals surface area contributed by atoms with Crippen LogP contribution in [0.5, 0.6) is 0 Å². The van der Waals surface area contributed by atoms with Crippen molar-refractivity contribution in [1.82, 2.24) is 10.3 Å². The molecule has 0 aliphatic carbocycles. The minimum atomic E-state index is -0.519. The summed E-state index contributed by atoms with van der Waals surface area (Å²) in [6.07, 6.45) is 4.22. The number of hydrogen-bond donors (Lipinski definition) is 2. The van der Waals surface area contributed by atoms with Crippen LogP contribution in [-0.4, -0.2) is 30.5 Å². The van der Waals surface area contributed by atoms with E-state index in [1.807, 2.05) is 18.5 Å². The first-order valence-corrected chi connectivity index (χ1v) is 4.67. The highest BCUT2D eigenvalue weighted by Crippen LogP contribution is 1.96. The van der Waals surface area contributed by atoms with E-state index in [9.17, 15) is 9.59 Å². The van der Waals surface area contributed by atoms with Gasteiger partial charge in [0, 0.05) is 18.9 Å². The van der Waals surface area contributed by atoms with Crippen LogP contribution in [-0.2, 0) is 20.7 Å². The third-order valence-corrected chi connectivity index (χ3v) is 1.93. The largest absolute Gasteiger partial charge is 0.469 e. The van der Waals surface area contributed by atoms with Crippen LogP contribution in [0.25, 0.3) is 0 Å². The molecule has 2 N–H and O–H groups in total. The molecule has 1 aromatic rings. The summed E-state index contributed by atoms with van der Waals surface area (Å²) in [5, 5.41) is 2.63. The molecule has 1 aromatic heterocycles. The average Bonchev–Trinajstić information content (AvgIpc) is 2.70. The van der Waals surface area contributed by atoms with E-state index >= 15 is 0 Å². The molecule has 1 amide bonds. The van der Waals surface area contributed by atoms with Crippen LogP contribution < -0.4 is 5.32 Å². The highest BCUT2D eigenvalue weighted by atomic mass is 16.5. The van der Waals surface area contributed by atoms with E-state index in [2.05, 4.69) is 15.0 Å². The van der Waals surface area contributed by atoms with Gasteiger partial charge in [0.15, 0.2) is 0 Å². The van der Waals surface area contributed by atoms with Gasteiger partial charge in [-0.2, -0.15) is 0 Å². The van der Waals surface area contributed by atoms with Gasteiger partial charge in [0.1, 0.15) is 6.42 Å². The Morgan fingerprint density at radius 1 is 1.53 bits per heavy atom. The molecule has 0 atom stereocenters. The first-order chi connectivity index (χ1) is 7.22. The number of aromatic nitrogens is 1. The summed E-state index contributed by atoms with van der Waals surface area (Å²) >= 11 is 0. The molecule has 82 valence electrons. The molecular formula is C10H14N2O3. The maximum Gasteiger partial charge on any atom is 0.315 e. The lowest BCUT2D eigenvalue weighted by molar-refractivity contribution is -0.143. The zero-order valence-corrected chi connectivity index (χ0v) is 8.58. The Hall–Kier alpha value is -1.78. The molecular weight excluding hydrogens is 196 g/mol. The van der Waals surface area contributed by atoms with E-state index in [0.717, 1.165) is 12.0 Å². The Morgan fingerprint density at radius 2 is 2.33 bits per heavy atom. The summed E-state index contributed by atoms with van der Waals surface area (Å²) < 4.78 is 4.37. The second-order valence-electron chi connectivity index (χ2n) is 3.07. The monoisotopic (exact) mass is 210 g/mol. The minimum Gasteiger partial charge on any atom is -0.469 e. The van der Waals surface area contributed by atoms with Crippen molar-refractivity contribution in [2.75, 3.05) is 13.7 Å². The number of hydrogen-bond acceptors (Lipinski definition) is 3. The van der Waals surface area contributed by atoms with Gasteiger partial charge >= 0.3 is 5.97 Å². The second kappa shape index (κ2) is 5.85. The van der Waals surface area contributed by atoms with Gasteiger partial charge in [0.2, 0.25) is 5.91 Å². The molecule has 1 heterocycles. The van der Waals surface area contributed by atoms with Crippen LogP contribution in [0.2, 0.25) is 0 Å². The number of nitrogens with one attached hydrogen (secondary N) is 2. The molecule has 0 unspecified atom stereocenters. The van der Waals surface area contributed by atoms with Gasteiger partial charge in [0.05, 0.1) is 7.11 Å². The Morgan fingerprint density at radius 3 is 2.93 bits per heavy atom. The molecule has 0 saturated carbocycles. The van der Waals surface area contributed by atoms with E-state index in [-0.39, 0.29) is 12.3 Å². The summed E-state index contributed by atoms with van der Waals surface area (Å²) in [5.74, 6) is -0.827. The molecule has 0 bridgehead atoms. The molecule has 15 heavy (non-hydrogen) atoms. The summed E-state index contributed by atoms with van der Waals surface area (Å²) in [7, 11) is 1.26. The number of H-pyrrole nitrogens is 1. The molecule has 5 nitrogen and oxygen atoms in total. The van der Waals surface area contributed by atoms with Gasteiger partial charge in [-0.1, -0.05) is 0 Å². The number of carbonyl (C=O) groups is 2. The van der Waals surface area contributed by atoms with Crippen LogP contribution in [0.1, 0.15) is 12.0 Å². The van der Waals surface area contributed by atoms with E-state index in [1.54, 1.807) is 0 Å². The van der Waals surface area contributed by atoms with Crippen LogP contribution in [0.4, 0.5) is 0 Å². The zero-order chi connectivity index (χ0) is 11.1. The van der Waals surface area contributed by atoms with Crippen molar-refractivity contribution in [1.29, 1.82) is 0 Å². The number of methoxy groups -OCH3 is 1. The van der Waals surface area contributed by atoms with Crippen LogP contribution in [0, 0.1) is 0 Å². The molecule has 0 radical (unpaired) electrons. The maximum atomic E-state index is 11.1. The van der Waals surface area contributed by atoms with Crippen molar-refractivity contribution in [3.8, 4) is 0 Å². The molecule has 0 saturated heterocycles. The van der Waals surface area contributed by atoms with Crippen LogP contribution in [0.15, 0.2) is 18.5 Å². The molecule has 1 rings (SSSR count). The molecule has 0 aromatic carbocycles. The Kier molecular flexibility index (Phi) is 4.40. The first kappa shape index (κ1) is 11.3. The number of ether oxygens (including phenoxy) is 1. The summed E-state index contributed by atoms with van der Waals surface area (Å²) in [6, 6.07) is 1.94. The van der Waals surface area contributed by atoms with Crippen molar-refractivity contribution < 1.29 is 14.3 Å². The number of carbonyl (C=O) groups excluding carboxylic acids is 2. The van der Waals surface area contributed by atoms with Crippen molar-refractivity contribution in [2.24, 2.45) is 0 Å². The van der Waals surface area contributed by atoms with Gasteiger partial charge < -0.3 is 15.0 Å². The molecule has 0 aliphatic rings. The van der Waals surface area contributed by atoms with Crippen molar-refractivity contribution >= 4 is 11.9 Å². The first-order valence-electron chi connectivity index (χ1n) is 4.67. The lowest BCUT2D eigenvalue weighted by Gasteiger charge is -2.02. The van der Waals surface area contributed by atoms with E-state index in [4.69, 9.17) is 0 Å². The lowest BCUT2D eigenvalue weighted by Crippen LogP contribution is -2.27. The van der Waals surface area contributed by atoms with Crippen LogP contribution in [0.3, 0.4) is 0 Å². The fourth-order valence-corrected chi connectivity index (χ4v) is 1.13. The quantitative estimate of drug-likeness (QED) is 0.540. The molecule has 0 spiro atoms. The SMILES string of the molecule is COC(=O)CC(=O)NCCc1cc[nH]c1. The van der Waals surface area contributed by atoms with E-state index in [0.29, 0.717) is 6.54 Å². The second-order valence-corrected chi connectivity index (χ2v) is 3.07. The highest BCUT2D eigenvalue weighted by molar-refractivity contribution is 5.94. The third kappa shape index (κ3) is 4.30. The molecule has 0 fully saturated rings. The third-order valence-electron chi connectivity index (χ3n) is 1.93. The van der Waals surface area contributed by atoms with Gasteiger partial charge in [-0.05, 0) is 18.1 Å². The Bertz CT molecular complexity index is 319. The highest BCUT2D eigenvalue weighted by Gasteiger charge is 2.07. The van der Waals surface area contributed by atoms with Crippen molar-refractivity contribution in [2.45, 2.75) is 12.8 Å². The van der Waals surface area contributed by atoms with Gasteiger partial charge in [-0.15, -0.1) is 0 Å². The molecule has 0 aliphatic heterocycles. The van der Waals surface area contributed by atoms with E-state index in [1.165, 1.54) is 7.11 Å². The Labute approximate surface area is 87.8 Å². The predicted molar refractivity (Wildman–Crippen MR) is 54.1 cm³/mol. The topological polar surface area (TPSA) is 71.2 Å². The number of esters is 1. The molecule has 5 heteroatoms. The fraction of sp³-hybridized carbons (Fsp3) is 0.400. The van der Waals surface area contributed by atoms with Crippen molar-refractivity contribution in [3.05, 3.63) is 24.0 Å². The summed E-state index contributed by atoms with van der Waals surface area (Å²) in [4.78, 5) is 24.8.